The lowest BCUT2D eigenvalue weighted by molar-refractivity contribution is -0.143. The summed E-state index contributed by atoms with van der Waals surface area (Å²) in [5.41, 5.74) is 2.63. The number of nitriles is 1. The first-order chi connectivity index (χ1) is 17.8. The van der Waals surface area contributed by atoms with Gasteiger partial charge < -0.3 is 14.7 Å². The molecule has 8 nitrogen and oxygen atoms in total. The number of fused-ring (bicyclic) bond motifs is 1. The number of rotatable bonds is 6. The number of carbonyl (C=O) groups is 2. The molecule has 37 heavy (non-hydrogen) atoms. The van der Waals surface area contributed by atoms with E-state index in [2.05, 4.69) is 45.2 Å². The summed E-state index contributed by atoms with van der Waals surface area (Å²) in [5, 5.41) is 9.48. The smallest absolute Gasteiger partial charge is 0.257 e. The Hall–Kier alpha value is -3.31. The molecule has 2 atom stereocenters. The fraction of sp³-hybridized carbons (Fsp3) is 0.552. The summed E-state index contributed by atoms with van der Waals surface area (Å²) < 4.78 is 0. The van der Waals surface area contributed by atoms with Crippen molar-refractivity contribution in [3.8, 4) is 6.07 Å². The van der Waals surface area contributed by atoms with Crippen LogP contribution in [0.25, 0.3) is 0 Å². The number of aromatic nitrogens is 2. The Bertz CT molecular complexity index is 1230. The van der Waals surface area contributed by atoms with Crippen LogP contribution in [0.3, 0.4) is 0 Å². The normalized spacial score (nSPS) is 25.3. The summed E-state index contributed by atoms with van der Waals surface area (Å²) in [7, 11) is 0. The third-order valence-corrected chi connectivity index (χ3v) is 9.23. The van der Waals surface area contributed by atoms with Gasteiger partial charge in [0.25, 0.3) is 5.91 Å². The van der Waals surface area contributed by atoms with Crippen LogP contribution in [0.5, 0.6) is 0 Å². The Morgan fingerprint density at radius 2 is 1.59 bits per heavy atom. The maximum Gasteiger partial charge on any atom is 0.257 e. The molecule has 1 aromatic carbocycles. The summed E-state index contributed by atoms with van der Waals surface area (Å²) in [6.07, 6.45) is 3.90. The molecule has 0 N–H and O–H groups in total. The van der Waals surface area contributed by atoms with Crippen LogP contribution < -0.4 is 0 Å². The van der Waals surface area contributed by atoms with Crippen LogP contribution in [-0.2, 0) is 10.2 Å². The highest BCUT2D eigenvalue weighted by atomic mass is 16.2. The van der Waals surface area contributed by atoms with Crippen LogP contribution in [-0.4, -0.2) is 82.3 Å². The van der Waals surface area contributed by atoms with Crippen molar-refractivity contribution in [1.29, 1.82) is 5.26 Å². The number of amides is 2. The number of hydrogen-bond donors (Lipinski definition) is 0. The molecule has 6 rings (SSSR count). The van der Waals surface area contributed by atoms with Gasteiger partial charge in [0.2, 0.25) is 5.91 Å². The van der Waals surface area contributed by atoms with Crippen LogP contribution in [0.4, 0.5) is 0 Å². The van der Waals surface area contributed by atoms with E-state index in [1.54, 1.807) is 0 Å². The molecule has 4 aliphatic rings. The molecule has 3 aliphatic heterocycles. The zero-order chi connectivity index (χ0) is 25.8. The van der Waals surface area contributed by atoms with Crippen molar-refractivity contribution in [2.75, 3.05) is 45.8 Å². The van der Waals surface area contributed by atoms with Crippen molar-refractivity contribution in [2.24, 2.45) is 17.3 Å². The third kappa shape index (κ3) is 4.10. The van der Waals surface area contributed by atoms with Crippen molar-refractivity contribution in [3.63, 3.8) is 0 Å². The van der Waals surface area contributed by atoms with E-state index >= 15 is 0 Å². The molecule has 2 unspecified atom stereocenters. The minimum absolute atomic E-state index is 0.0244. The molecule has 2 aromatic rings. The summed E-state index contributed by atoms with van der Waals surface area (Å²) in [4.78, 5) is 41.1. The number of aryl methyl sites for hydroxylation is 2. The lowest BCUT2D eigenvalue weighted by Gasteiger charge is -2.52. The second-order valence-electron chi connectivity index (χ2n) is 11.7. The van der Waals surface area contributed by atoms with E-state index in [1.807, 2.05) is 29.7 Å². The molecule has 4 heterocycles. The lowest BCUT2D eigenvalue weighted by Crippen LogP contribution is -2.63. The van der Waals surface area contributed by atoms with Crippen LogP contribution in [0.2, 0.25) is 0 Å². The van der Waals surface area contributed by atoms with Gasteiger partial charge in [-0.05, 0) is 57.1 Å². The second-order valence-corrected chi connectivity index (χ2v) is 11.7. The highest BCUT2D eigenvalue weighted by Crippen LogP contribution is 2.49. The molecule has 3 saturated heterocycles. The lowest BCUT2D eigenvalue weighted by atomic mass is 9.70. The van der Waals surface area contributed by atoms with Gasteiger partial charge in [-0.15, -0.1) is 0 Å². The molecular formula is C29H34N6O2. The van der Waals surface area contributed by atoms with Crippen LogP contribution >= 0.6 is 0 Å². The molecule has 1 aromatic heterocycles. The molecular weight excluding hydrogens is 464 g/mol. The Labute approximate surface area is 218 Å². The summed E-state index contributed by atoms with van der Waals surface area (Å²) >= 11 is 0. The molecule has 0 radical (unpaired) electrons. The third-order valence-electron chi connectivity index (χ3n) is 9.23. The minimum atomic E-state index is -0.749. The second kappa shape index (κ2) is 8.91. The molecule has 4 fully saturated rings. The van der Waals surface area contributed by atoms with Crippen LogP contribution in [0.15, 0.2) is 36.7 Å². The highest BCUT2D eigenvalue weighted by molar-refractivity contribution is 5.96. The van der Waals surface area contributed by atoms with E-state index in [1.165, 1.54) is 11.9 Å². The zero-order valence-corrected chi connectivity index (χ0v) is 21.7. The van der Waals surface area contributed by atoms with Crippen LogP contribution in [0, 0.1) is 42.4 Å². The van der Waals surface area contributed by atoms with Crippen molar-refractivity contribution in [2.45, 2.75) is 38.5 Å². The van der Waals surface area contributed by atoms with Gasteiger partial charge in [0.15, 0.2) is 0 Å². The number of benzene rings is 1. The molecule has 192 valence electrons. The fourth-order valence-corrected chi connectivity index (χ4v) is 6.78. The monoisotopic (exact) mass is 498 g/mol. The first-order valence-electron chi connectivity index (χ1n) is 13.4. The van der Waals surface area contributed by atoms with Crippen LogP contribution in [0.1, 0.15) is 46.6 Å². The standard InChI is InChI=1S/C29H34N6O2/c1-20-25(21(2)32-19-31-20)26(36)34-14-22-12-33(13-23(22)15-34)11-10-29(24-6-4-3-5-7-24)17-35(18-29)27(37)28(16-30)8-9-28/h3-7,19,22-23H,8-15,17-18H2,1-2H3. The minimum Gasteiger partial charge on any atom is -0.339 e. The highest BCUT2D eigenvalue weighted by Gasteiger charge is 2.57. The number of carbonyl (C=O) groups excluding carboxylic acids is 2. The zero-order valence-electron chi connectivity index (χ0n) is 21.7. The van der Waals surface area contributed by atoms with E-state index in [0.717, 1.165) is 50.5 Å². The molecule has 0 bridgehead atoms. The van der Waals surface area contributed by atoms with Crippen molar-refractivity contribution in [3.05, 3.63) is 59.2 Å². The van der Waals surface area contributed by atoms with Gasteiger partial charge in [0, 0.05) is 44.7 Å². The van der Waals surface area contributed by atoms with Crippen molar-refractivity contribution in [1.82, 2.24) is 24.7 Å². The molecule has 8 heteroatoms. The number of hydrogen-bond acceptors (Lipinski definition) is 6. The predicted octanol–water partition coefficient (Wildman–Crippen LogP) is 2.57. The average Bonchev–Trinajstić information content (AvgIpc) is 3.44. The van der Waals surface area contributed by atoms with Gasteiger partial charge in [0.05, 0.1) is 23.0 Å². The molecule has 2 amide bonds. The Morgan fingerprint density at radius 1 is 0.973 bits per heavy atom. The first-order valence-corrected chi connectivity index (χ1v) is 13.4. The molecule has 1 saturated carbocycles. The van der Waals surface area contributed by atoms with Gasteiger partial charge in [-0.2, -0.15) is 5.26 Å². The van der Waals surface area contributed by atoms with Gasteiger partial charge in [-0.25, -0.2) is 9.97 Å². The van der Waals surface area contributed by atoms with Crippen molar-refractivity contribution < 1.29 is 9.59 Å². The number of nitrogens with zero attached hydrogens (tertiary/aromatic N) is 6. The van der Waals surface area contributed by atoms with E-state index in [0.29, 0.717) is 43.3 Å². The summed E-state index contributed by atoms with van der Waals surface area (Å²) in [6, 6.07) is 12.8. The van der Waals surface area contributed by atoms with Gasteiger partial charge in [0.1, 0.15) is 11.7 Å². The van der Waals surface area contributed by atoms with Gasteiger partial charge in [-0.3, -0.25) is 9.59 Å². The first kappa shape index (κ1) is 24.1. The Balaban J connectivity index is 1.08. The van der Waals surface area contributed by atoms with Gasteiger partial charge in [-0.1, -0.05) is 30.3 Å². The topological polar surface area (TPSA) is 93.4 Å². The fourth-order valence-electron chi connectivity index (χ4n) is 6.78. The van der Waals surface area contributed by atoms with Crippen molar-refractivity contribution >= 4 is 11.8 Å². The van der Waals surface area contributed by atoms with E-state index in [9.17, 15) is 14.9 Å². The Morgan fingerprint density at radius 3 is 2.16 bits per heavy atom. The quantitative estimate of drug-likeness (QED) is 0.608. The van der Waals surface area contributed by atoms with Gasteiger partial charge >= 0.3 is 0 Å². The van der Waals surface area contributed by atoms with E-state index < -0.39 is 5.41 Å². The largest absolute Gasteiger partial charge is 0.339 e. The summed E-state index contributed by atoms with van der Waals surface area (Å²) in [6.45, 7) is 9.70. The maximum atomic E-state index is 13.2. The average molecular weight is 499 g/mol. The SMILES string of the molecule is Cc1ncnc(C)c1C(=O)N1CC2CN(CCC3(c4ccccc4)CN(C(=O)C4(C#N)CC4)C3)CC2C1. The maximum absolute atomic E-state index is 13.2. The predicted molar refractivity (Wildman–Crippen MR) is 137 cm³/mol. The van der Waals surface area contributed by atoms with E-state index in [-0.39, 0.29) is 17.2 Å². The summed E-state index contributed by atoms with van der Waals surface area (Å²) in [5.74, 6) is 1.07. The Kier molecular flexibility index (Phi) is 5.79. The van der Waals surface area contributed by atoms with E-state index in [4.69, 9.17) is 0 Å². The number of likely N-dealkylation sites (tertiary alicyclic amines) is 3. The molecule has 0 spiro atoms. The molecule has 1 aliphatic carbocycles.